The SMILES string of the molecule is O=C(CSC1NC(=O)C2SC(=S)N(c3ccccc3)C2N1)Nc1ccc(F)cc1. The molecule has 0 spiro atoms. The van der Waals surface area contributed by atoms with Gasteiger partial charge in [0.05, 0.1) is 5.75 Å². The lowest BCUT2D eigenvalue weighted by atomic mass is 10.2. The van der Waals surface area contributed by atoms with Crippen molar-refractivity contribution in [1.29, 1.82) is 0 Å². The normalized spacial score (nSPS) is 23.5. The predicted octanol–water partition coefficient (Wildman–Crippen LogP) is 2.73. The zero-order chi connectivity index (χ0) is 20.4. The highest BCUT2D eigenvalue weighted by molar-refractivity contribution is 8.24. The Morgan fingerprint density at radius 3 is 2.66 bits per heavy atom. The molecule has 2 heterocycles. The minimum absolute atomic E-state index is 0.115. The van der Waals surface area contributed by atoms with Crippen molar-refractivity contribution in [1.82, 2.24) is 10.6 Å². The second-order valence-electron chi connectivity index (χ2n) is 6.38. The van der Waals surface area contributed by atoms with E-state index in [1.165, 1.54) is 47.8 Å². The van der Waals surface area contributed by atoms with Crippen molar-refractivity contribution < 1.29 is 14.0 Å². The molecule has 2 aromatic rings. The fourth-order valence-corrected chi connectivity index (χ4v) is 5.49. The number of anilines is 2. The summed E-state index contributed by atoms with van der Waals surface area (Å²) in [5.74, 6) is -0.598. The average Bonchev–Trinajstić information content (AvgIpc) is 3.05. The van der Waals surface area contributed by atoms with Crippen molar-refractivity contribution in [3.05, 3.63) is 60.4 Å². The Morgan fingerprint density at radius 2 is 1.93 bits per heavy atom. The topological polar surface area (TPSA) is 73.5 Å². The number of amides is 2. The van der Waals surface area contributed by atoms with Gasteiger partial charge in [0.1, 0.15) is 27.1 Å². The van der Waals surface area contributed by atoms with Crippen LogP contribution < -0.4 is 20.9 Å². The van der Waals surface area contributed by atoms with Crippen LogP contribution in [0.5, 0.6) is 0 Å². The molecule has 2 amide bonds. The Hall–Kier alpha value is -2.14. The van der Waals surface area contributed by atoms with Gasteiger partial charge in [-0.3, -0.25) is 14.9 Å². The van der Waals surface area contributed by atoms with Crippen LogP contribution in [0.15, 0.2) is 54.6 Å². The van der Waals surface area contributed by atoms with Crippen molar-refractivity contribution in [2.75, 3.05) is 16.0 Å². The highest BCUT2D eigenvalue weighted by Gasteiger charge is 2.47. The Labute approximate surface area is 181 Å². The number of carbonyl (C=O) groups is 2. The first-order valence-corrected chi connectivity index (χ1v) is 11.1. The van der Waals surface area contributed by atoms with Crippen LogP contribution in [0.4, 0.5) is 15.8 Å². The quantitative estimate of drug-likeness (QED) is 0.608. The lowest BCUT2D eigenvalue weighted by Crippen LogP contribution is -2.64. The summed E-state index contributed by atoms with van der Waals surface area (Å²) in [5.41, 5.74) is 0.999. The zero-order valence-electron chi connectivity index (χ0n) is 15.0. The van der Waals surface area contributed by atoms with Crippen molar-refractivity contribution >= 4 is 63.3 Å². The van der Waals surface area contributed by atoms with Gasteiger partial charge in [0, 0.05) is 11.4 Å². The fourth-order valence-electron chi connectivity index (χ4n) is 3.08. The maximum Gasteiger partial charge on any atom is 0.238 e. The summed E-state index contributed by atoms with van der Waals surface area (Å²) >= 11 is 8.11. The number of hydrogen-bond donors (Lipinski definition) is 3. The second-order valence-corrected chi connectivity index (χ2v) is 9.24. The molecule has 2 saturated heterocycles. The maximum atomic E-state index is 13.0. The van der Waals surface area contributed by atoms with Crippen LogP contribution in [-0.2, 0) is 9.59 Å². The summed E-state index contributed by atoms with van der Waals surface area (Å²) in [6.45, 7) is 0. The molecule has 2 aliphatic heterocycles. The molecule has 0 bridgehead atoms. The van der Waals surface area contributed by atoms with Crippen molar-refractivity contribution in [2.45, 2.75) is 16.9 Å². The van der Waals surface area contributed by atoms with Gasteiger partial charge in [-0.15, -0.1) is 11.8 Å². The van der Waals surface area contributed by atoms with Crippen LogP contribution in [-0.4, -0.2) is 38.8 Å². The number of rotatable bonds is 5. The molecule has 0 saturated carbocycles. The molecule has 2 fully saturated rings. The van der Waals surface area contributed by atoms with Crippen LogP contribution in [0.25, 0.3) is 0 Å². The van der Waals surface area contributed by atoms with Crippen LogP contribution in [0.1, 0.15) is 0 Å². The van der Waals surface area contributed by atoms with E-state index >= 15 is 0 Å². The third kappa shape index (κ3) is 4.55. The van der Waals surface area contributed by atoms with Gasteiger partial charge in [0.15, 0.2) is 0 Å². The minimum Gasteiger partial charge on any atom is -0.331 e. The maximum absolute atomic E-state index is 13.0. The number of para-hydroxylation sites is 1. The molecule has 3 unspecified atom stereocenters. The highest BCUT2D eigenvalue weighted by Crippen LogP contribution is 2.37. The molecular formula is C19H17FN4O2S3. The van der Waals surface area contributed by atoms with Gasteiger partial charge in [0.2, 0.25) is 11.8 Å². The molecule has 150 valence electrons. The number of halogens is 1. The molecule has 29 heavy (non-hydrogen) atoms. The molecule has 3 atom stereocenters. The minimum atomic E-state index is -0.435. The summed E-state index contributed by atoms with van der Waals surface area (Å²) in [5, 5.41) is 8.61. The number of thiocarbonyl (C=S) groups is 1. The Bertz CT molecular complexity index is 929. The average molecular weight is 449 g/mol. The van der Waals surface area contributed by atoms with Crippen LogP contribution in [0, 0.1) is 5.82 Å². The zero-order valence-corrected chi connectivity index (χ0v) is 17.5. The number of thioether (sulfide) groups is 2. The summed E-state index contributed by atoms with van der Waals surface area (Å²) in [4.78, 5) is 26.7. The lowest BCUT2D eigenvalue weighted by Gasteiger charge is -2.36. The third-order valence-corrected chi connectivity index (χ3v) is 7.01. The standard InChI is InChI=1S/C19H17FN4O2S3/c20-11-6-8-12(9-7-11)21-14(25)10-28-18-22-16-15(17(26)23-18)29-19(27)24(16)13-4-2-1-3-5-13/h1-9,15-16,18,22H,10H2,(H,21,25)(H,23,26). The van der Waals surface area contributed by atoms with E-state index < -0.39 is 5.50 Å². The van der Waals surface area contributed by atoms with Gasteiger partial charge in [-0.1, -0.05) is 42.2 Å². The van der Waals surface area contributed by atoms with E-state index in [-0.39, 0.29) is 34.8 Å². The Balaban J connectivity index is 1.38. The molecule has 0 aromatic heterocycles. The Kier molecular flexibility index (Phi) is 6.04. The number of nitrogens with one attached hydrogen (secondary N) is 3. The number of benzene rings is 2. The third-order valence-electron chi connectivity index (χ3n) is 4.39. The van der Waals surface area contributed by atoms with Crippen molar-refractivity contribution in [2.24, 2.45) is 0 Å². The highest BCUT2D eigenvalue weighted by atomic mass is 32.2. The molecule has 0 aliphatic carbocycles. The van der Waals surface area contributed by atoms with Gasteiger partial charge in [-0.05, 0) is 36.4 Å². The predicted molar refractivity (Wildman–Crippen MR) is 119 cm³/mol. The van der Waals surface area contributed by atoms with E-state index in [0.717, 1.165) is 5.69 Å². The van der Waals surface area contributed by atoms with E-state index in [1.807, 2.05) is 35.2 Å². The smallest absolute Gasteiger partial charge is 0.238 e. The van der Waals surface area contributed by atoms with Gasteiger partial charge in [0.25, 0.3) is 0 Å². The number of hydrogen-bond acceptors (Lipinski definition) is 6. The van der Waals surface area contributed by atoms with Gasteiger partial charge in [-0.2, -0.15) is 0 Å². The number of nitrogens with zero attached hydrogens (tertiary/aromatic N) is 1. The van der Waals surface area contributed by atoms with E-state index in [4.69, 9.17) is 12.2 Å². The number of carbonyl (C=O) groups excluding carboxylic acids is 2. The monoisotopic (exact) mass is 448 g/mol. The van der Waals surface area contributed by atoms with E-state index in [1.54, 1.807) is 0 Å². The summed E-state index contributed by atoms with van der Waals surface area (Å²) < 4.78 is 13.6. The number of fused-ring (bicyclic) bond motifs is 1. The van der Waals surface area contributed by atoms with E-state index in [9.17, 15) is 14.0 Å². The largest absolute Gasteiger partial charge is 0.331 e. The second kappa shape index (κ2) is 8.70. The van der Waals surface area contributed by atoms with Crippen LogP contribution >= 0.6 is 35.7 Å². The van der Waals surface area contributed by atoms with Gasteiger partial charge >= 0.3 is 0 Å². The molecular weight excluding hydrogens is 431 g/mol. The van der Waals surface area contributed by atoms with Gasteiger partial charge < -0.3 is 15.5 Å². The molecule has 3 N–H and O–H groups in total. The first-order chi connectivity index (χ1) is 14.0. The first-order valence-electron chi connectivity index (χ1n) is 8.79. The summed E-state index contributed by atoms with van der Waals surface area (Å²) in [7, 11) is 0. The van der Waals surface area contributed by atoms with Crippen molar-refractivity contribution in [3.8, 4) is 0 Å². The van der Waals surface area contributed by atoms with Crippen LogP contribution in [0.3, 0.4) is 0 Å². The van der Waals surface area contributed by atoms with E-state index in [2.05, 4.69) is 16.0 Å². The summed E-state index contributed by atoms with van der Waals surface area (Å²) in [6, 6.07) is 15.2. The lowest BCUT2D eigenvalue weighted by molar-refractivity contribution is -0.122. The van der Waals surface area contributed by atoms with Gasteiger partial charge in [-0.25, -0.2) is 4.39 Å². The van der Waals surface area contributed by atoms with E-state index in [0.29, 0.717) is 10.0 Å². The summed E-state index contributed by atoms with van der Waals surface area (Å²) in [6.07, 6.45) is -0.290. The Morgan fingerprint density at radius 1 is 1.21 bits per heavy atom. The molecule has 2 aliphatic rings. The molecule has 0 radical (unpaired) electrons. The van der Waals surface area contributed by atoms with Crippen LogP contribution in [0.2, 0.25) is 0 Å². The van der Waals surface area contributed by atoms with Crippen molar-refractivity contribution in [3.63, 3.8) is 0 Å². The fraction of sp³-hybridized carbons (Fsp3) is 0.211. The molecule has 4 rings (SSSR count). The molecule has 6 nitrogen and oxygen atoms in total. The molecule has 2 aromatic carbocycles. The molecule has 10 heteroatoms. The first kappa shape index (κ1) is 20.1.